The summed E-state index contributed by atoms with van der Waals surface area (Å²) in [7, 11) is 0. The van der Waals surface area contributed by atoms with E-state index in [1.807, 2.05) is 0 Å². The first-order chi connectivity index (χ1) is 17.8. The Morgan fingerprint density at radius 2 is 1.73 bits per heavy atom. The van der Waals surface area contributed by atoms with Crippen molar-refractivity contribution in [1.29, 1.82) is 0 Å². The fraction of sp³-hybridized carbons (Fsp3) is 0.0370. The van der Waals surface area contributed by atoms with Crippen LogP contribution in [-0.4, -0.2) is 20.4 Å². The van der Waals surface area contributed by atoms with Gasteiger partial charge in [-0.05, 0) is 66.9 Å². The number of carbonyl (C=O) groups is 1. The number of rotatable bonds is 6. The summed E-state index contributed by atoms with van der Waals surface area (Å²) >= 11 is 0. The molecule has 10 heteroatoms. The third-order valence-corrected chi connectivity index (χ3v) is 5.73. The number of benzene rings is 2. The summed E-state index contributed by atoms with van der Waals surface area (Å²) in [5.41, 5.74) is 6.17. The van der Waals surface area contributed by atoms with Crippen molar-refractivity contribution >= 4 is 28.2 Å². The maximum atomic E-state index is 15.0. The van der Waals surface area contributed by atoms with Crippen LogP contribution < -0.4 is 21.3 Å². The van der Waals surface area contributed by atoms with Gasteiger partial charge in [0.2, 0.25) is 0 Å². The first-order valence-corrected chi connectivity index (χ1v) is 11.1. The monoisotopic (exact) mass is 499 g/mol. The Bertz CT molecular complexity index is 1720. The van der Waals surface area contributed by atoms with Crippen molar-refractivity contribution in [2.75, 3.05) is 5.32 Å². The minimum absolute atomic E-state index is 0.0320. The highest BCUT2D eigenvalue weighted by atomic mass is 19.1. The van der Waals surface area contributed by atoms with Gasteiger partial charge in [0.25, 0.3) is 11.5 Å². The molecule has 8 nitrogen and oxygen atoms in total. The summed E-state index contributed by atoms with van der Waals surface area (Å²) in [5.74, 6) is -1.44. The average Bonchev–Trinajstić information content (AvgIpc) is 2.87. The van der Waals surface area contributed by atoms with E-state index in [-0.39, 0.29) is 34.0 Å². The number of aromatic nitrogens is 3. The van der Waals surface area contributed by atoms with Crippen LogP contribution in [0.25, 0.3) is 16.5 Å². The first-order valence-electron chi connectivity index (χ1n) is 11.1. The largest absolute Gasteiger partial charge is 0.454 e. The van der Waals surface area contributed by atoms with Crippen molar-refractivity contribution in [1.82, 2.24) is 14.5 Å². The van der Waals surface area contributed by atoms with E-state index in [0.717, 1.165) is 0 Å². The number of anilines is 2. The number of pyridine rings is 3. The molecule has 0 radical (unpaired) electrons. The van der Waals surface area contributed by atoms with Crippen LogP contribution in [0.2, 0.25) is 0 Å². The summed E-state index contributed by atoms with van der Waals surface area (Å²) in [6, 6.07) is 14.6. The third kappa shape index (κ3) is 4.59. The Morgan fingerprint density at radius 1 is 0.973 bits per heavy atom. The standard InChI is InChI=1S/C27H19F2N5O3/c1-15-21(9-12-31-24(15)25(30)35)37-22-7-4-18(14-20(22)29)33-26-23-16(8-11-32-26)10-13-34(27(23)36)19-5-2-17(28)3-6-19/h2-14H,1H3,(H2,30,35)(H,32,33). The minimum Gasteiger partial charge on any atom is -0.454 e. The molecule has 3 N–H and O–H groups in total. The molecule has 37 heavy (non-hydrogen) atoms. The van der Waals surface area contributed by atoms with Crippen LogP contribution >= 0.6 is 0 Å². The van der Waals surface area contributed by atoms with E-state index >= 15 is 0 Å². The van der Waals surface area contributed by atoms with Gasteiger partial charge < -0.3 is 15.8 Å². The van der Waals surface area contributed by atoms with Crippen molar-refractivity contribution in [2.45, 2.75) is 6.92 Å². The predicted molar refractivity (Wildman–Crippen MR) is 135 cm³/mol. The number of halogens is 2. The zero-order valence-corrected chi connectivity index (χ0v) is 19.4. The number of primary amides is 1. The van der Waals surface area contributed by atoms with E-state index < -0.39 is 17.5 Å². The molecule has 0 unspecified atom stereocenters. The Balaban J connectivity index is 1.47. The molecule has 3 heterocycles. The highest BCUT2D eigenvalue weighted by Crippen LogP contribution is 2.31. The van der Waals surface area contributed by atoms with Crippen LogP contribution in [0.3, 0.4) is 0 Å². The SMILES string of the molecule is Cc1c(Oc2ccc(Nc3nccc4ccn(-c5ccc(F)cc5)c(=O)c34)cc2F)ccnc1C(N)=O. The Morgan fingerprint density at radius 3 is 2.46 bits per heavy atom. The van der Waals surface area contributed by atoms with Crippen molar-refractivity contribution in [3.63, 3.8) is 0 Å². The van der Waals surface area contributed by atoms with Gasteiger partial charge >= 0.3 is 0 Å². The van der Waals surface area contributed by atoms with Gasteiger partial charge in [-0.3, -0.25) is 19.1 Å². The molecule has 0 bridgehead atoms. The van der Waals surface area contributed by atoms with Gasteiger partial charge in [-0.15, -0.1) is 0 Å². The second kappa shape index (κ2) is 9.50. The van der Waals surface area contributed by atoms with E-state index in [9.17, 15) is 18.4 Å². The molecule has 0 saturated carbocycles. The molecule has 5 aromatic rings. The first kappa shape index (κ1) is 23.6. The van der Waals surface area contributed by atoms with Crippen molar-refractivity contribution < 1.29 is 18.3 Å². The number of amides is 1. The van der Waals surface area contributed by atoms with Crippen molar-refractivity contribution in [3.8, 4) is 17.2 Å². The summed E-state index contributed by atoms with van der Waals surface area (Å²) in [6.45, 7) is 1.60. The van der Waals surface area contributed by atoms with E-state index in [2.05, 4.69) is 15.3 Å². The van der Waals surface area contributed by atoms with Crippen LogP contribution in [-0.2, 0) is 0 Å². The Kier molecular flexibility index (Phi) is 6.06. The van der Waals surface area contributed by atoms with Gasteiger partial charge in [0.15, 0.2) is 11.6 Å². The highest BCUT2D eigenvalue weighted by Gasteiger charge is 2.15. The number of ether oxygens (including phenoxy) is 1. The molecule has 0 spiro atoms. The second-order valence-electron chi connectivity index (χ2n) is 8.11. The van der Waals surface area contributed by atoms with Crippen molar-refractivity contribution in [2.24, 2.45) is 5.73 Å². The normalized spacial score (nSPS) is 10.9. The Labute approximate surface area is 209 Å². The molecule has 2 aromatic carbocycles. The topological polar surface area (TPSA) is 112 Å². The fourth-order valence-corrected chi connectivity index (χ4v) is 3.88. The van der Waals surface area contributed by atoms with Gasteiger partial charge in [-0.2, -0.15) is 0 Å². The smallest absolute Gasteiger partial charge is 0.267 e. The number of fused-ring (bicyclic) bond motifs is 1. The van der Waals surface area contributed by atoms with Gasteiger partial charge in [0.1, 0.15) is 23.1 Å². The maximum Gasteiger partial charge on any atom is 0.267 e. The van der Waals surface area contributed by atoms with Gasteiger partial charge in [0, 0.05) is 41.6 Å². The highest BCUT2D eigenvalue weighted by molar-refractivity contribution is 5.93. The van der Waals surface area contributed by atoms with Crippen LogP contribution in [0, 0.1) is 18.6 Å². The molecule has 3 aromatic heterocycles. The van der Waals surface area contributed by atoms with Crippen molar-refractivity contribution in [3.05, 3.63) is 112 Å². The Hall–Kier alpha value is -5.12. The average molecular weight is 499 g/mol. The lowest BCUT2D eigenvalue weighted by molar-refractivity contribution is 0.0994. The van der Waals surface area contributed by atoms with E-state index in [1.54, 1.807) is 31.3 Å². The zero-order valence-electron chi connectivity index (χ0n) is 19.4. The molecule has 0 saturated heterocycles. The minimum atomic E-state index is -0.718. The lowest BCUT2D eigenvalue weighted by Gasteiger charge is -2.13. The van der Waals surface area contributed by atoms with E-state index in [0.29, 0.717) is 22.3 Å². The quantitative estimate of drug-likeness (QED) is 0.340. The fourth-order valence-electron chi connectivity index (χ4n) is 3.88. The maximum absolute atomic E-state index is 15.0. The number of hydrogen-bond acceptors (Lipinski definition) is 6. The van der Waals surface area contributed by atoms with Gasteiger partial charge in [-0.1, -0.05) is 0 Å². The molecule has 1 amide bonds. The van der Waals surface area contributed by atoms with E-state index in [4.69, 9.17) is 10.5 Å². The van der Waals surface area contributed by atoms with Crippen LogP contribution in [0.1, 0.15) is 16.1 Å². The molecule has 0 aliphatic carbocycles. The molecular formula is C27H19F2N5O3. The second-order valence-corrected chi connectivity index (χ2v) is 8.11. The van der Waals surface area contributed by atoms with Gasteiger partial charge in [-0.25, -0.2) is 13.8 Å². The summed E-state index contributed by atoms with van der Waals surface area (Å²) in [6.07, 6.45) is 4.47. The molecule has 0 aliphatic rings. The summed E-state index contributed by atoms with van der Waals surface area (Å²) in [5, 5.41) is 3.90. The van der Waals surface area contributed by atoms with E-state index in [1.165, 1.54) is 59.4 Å². The lowest BCUT2D eigenvalue weighted by Crippen LogP contribution is -2.19. The number of nitrogens with one attached hydrogen (secondary N) is 1. The lowest BCUT2D eigenvalue weighted by atomic mass is 10.2. The predicted octanol–water partition coefficient (Wildman–Crippen LogP) is 5.00. The number of hydrogen-bond donors (Lipinski definition) is 2. The molecule has 0 atom stereocenters. The third-order valence-electron chi connectivity index (χ3n) is 5.73. The number of carbonyl (C=O) groups excluding carboxylic acids is 1. The molecule has 5 rings (SSSR count). The van der Waals surface area contributed by atoms with Crippen LogP contribution in [0.5, 0.6) is 11.5 Å². The van der Waals surface area contributed by atoms with Crippen LogP contribution in [0.4, 0.5) is 20.3 Å². The molecule has 184 valence electrons. The summed E-state index contributed by atoms with van der Waals surface area (Å²) < 4.78 is 35.3. The molecule has 0 fully saturated rings. The number of nitrogens with zero attached hydrogens (tertiary/aromatic N) is 3. The number of nitrogens with two attached hydrogens (primary N) is 1. The molecular weight excluding hydrogens is 480 g/mol. The molecule has 0 aliphatic heterocycles. The van der Waals surface area contributed by atoms with Gasteiger partial charge in [0.05, 0.1) is 5.39 Å². The van der Waals surface area contributed by atoms with Crippen LogP contribution in [0.15, 0.2) is 84.0 Å². The summed E-state index contributed by atoms with van der Waals surface area (Å²) in [4.78, 5) is 33.0. The zero-order chi connectivity index (χ0) is 26.1.